The number of halogens is 2. The second-order valence-corrected chi connectivity index (χ2v) is 5.92. The molecule has 0 spiro atoms. The van der Waals surface area contributed by atoms with E-state index in [9.17, 15) is 13.6 Å². The maximum absolute atomic E-state index is 14.0. The average molecular weight is 316 g/mol. The first-order valence-electron chi connectivity index (χ1n) is 7.62. The average Bonchev–Trinajstić information content (AvgIpc) is 3.34. The molecule has 0 saturated heterocycles. The molecular formula is C18H18F2N2O. The Morgan fingerprint density at radius 1 is 1.13 bits per heavy atom. The summed E-state index contributed by atoms with van der Waals surface area (Å²) >= 11 is 0. The number of aryl methyl sites for hydroxylation is 1. The number of benzene rings is 2. The van der Waals surface area contributed by atoms with Crippen LogP contribution in [0.2, 0.25) is 0 Å². The SMILES string of the molecule is Cc1ccc(F)c(NC(=O)NC(c2ccccc2F)C2CC2)c1. The number of rotatable bonds is 4. The fourth-order valence-electron chi connectivity index (χ4n) is 2.64. The van der Waals surface area contributed by atoms with Crippen molar-refractivity contribution in [3.05, 3.63) is 65.2 Å². The molecule has 1 saturated carbocycles. The summed E-state index contributed by atoms with van der Waals surface area (Å²) in [7, 11) is 0. The smallest absolute Gasteiger partial charge is 0.319 e. The van der Waals surface area contributed by atoms with Crippen LogP contribution in [0.15, 0.2) is 42.5 Å². The predicted octanol–water partition coefficient (Wildman–Crippen LogP) is 4.55. The third-order valence-electron chi connectivity index (χ3n) is 3.99. The molecule has 1 unspecified atom stereocenters. The molecule has 0 bridgehead atoms. The van der Waals surface area contributed by atoms with Gasteiger partial charge in [-0.05, 0) is 49.4 Å². The molecule has 1 fully saturated rings. The van der Waals surface area contributed by atoms with Crippen molar-refractivity contribution in [1.82, 2.24) is 5.32 Å². The summed E-state index contributed by atoms with van der Waals surface area (Å²) in [4.78, 5) is 12.2. The molecule has 1 aliphatic carbocycles. The highest BCUT2D eigenvalue weighted by Gasteiger charge is 2.34. The van der Waals surface area contributed by atoms with Crippen LogP contribution in [-0.4, -0.2) is 6.03 Å². The summed E-state index contributed by atoms with van der Waals surface area (Å²) in [6.07, 6.45) is 1.89. The monoisotopic (exact) mass is 316 g/mol. The van der Waals surface area contributed by atoms with E-state index >= 15 is 0 Å². The number of carbonyl (C=O) groups is 1. The molecule has 2 aromatic carbocycles. The van der Waals surface area contributed by atoms with Gasteiger partial charge in [0.25, 0.3) is 0 Å². The summed E-state index contributed by atoms with van der Waals surface area (Å²) in [5.41, 5.74) is 1.43. The molecule has 5 heteroatoms. The van der Waals surface area contributed by atoms with Crippen LogP contribution in [0.1, 0.15) is 30.0 Å². The van der Waals surface area contributed by atoms with Gasteiger partial charge in [0.1, 0.15) is 11.6 Å². The summed E-state index contributed by atoms with van der Waals surface area (Å²) in [5.74, 6) is -0.619. The fourth-order valence-corrected chi connectivity index (χ4v) is 2.64. The zero-order chi connectivity index (χ0) is 16.4. The molecule has 120 valence electrons. The highest BCUT2D eigenvalue weighted by Crippen LogP contribution is 2.41. The lowest BCUT2D eigenvalue weighted by molar-refractivity contribution is 0.246. The van der Waals surface area contributed by atoms with Crippen LogP contribution >= 0.6 is 0 Å². The van der Waals surface area contributed by atoms with Crippen molar-refractivity contribution in [3.8, 4) is 0 Å². The third kappa shape index (κ3) is 3.67. The molecule has 1 atom stereocenters. The highest BCUT2D eigenvalue weighted by atomic mass is 19.1. The molecule has 0 aromatic heterocycles. The van der Waals surface area contributed by atoms with Gasteiger partial charge < -0.3 is 10.6 Å². The zero-order valence-electron chi connectivity index (χ0n) is 12.8. The van der Waals surface area contributed by atoms with Gasteiger partial charge in [-0.15, -0.1) is 0 Å². The molecule has 3 rings (SSSR count). The lowest BCUT2D eigenvalue weighted by atomic mass is 10.0. The maximum Gasteiger partial charge on any atom is 0.319 e. The Labute approximate surface area is 133 Å². The molecule has 1 aliphatic rings. The van der Waals surface area contributed by atoms with Crippen LogP contribution in [0.4, 0.5) is 19.3 Å². The van der Waals surface area contributed by atoms with Crippen LogP contribution in [0, 0.1) is 24.5 Å². The first-order valence-corrected chi connectivity index (χ1v) is 7.62. The van der Waals surface area contributed by atoms with Gasteiger partial charge in [-0.2, -0.15) is 0 Å². The zero-order valence-corrected chi connectivity index (χ0v) is 12.8. The third-order valence-corrected chi connectivity index (χ3v) is 3.99. The molecule has 2 amide bonds. The van der Waals surface area contributed by atoms with E-state index < -0.39 is 17.9 Å². The van der Waals surface area contributed by atoms with Gasteiger partial charge in [-0.3, -0.25) is 0 Å². The Hall–Kier alpha value is -2.43. The topological polar surface area (TPSA) is 41.1 Å². The minimum absolute atomic E-state index is 0.116. The van der Waals surface area contributed by atoms with Crippen LogP contribution in [-0.2, 0) is 0 Å². The van der Waals surface area contributed by atoms with Gasteiger partial charge in [0.2, 0.25) is 0 Å². The Bertz CT molecular complexity index is 729. The normalized spacial score (nSPS) is 15.1. The van der Waals surface area contributed by atoms with Crippen LogP contribution in [0.3, 0.4) is 0 Å². The van der Waals surface area contributed by atoms with Gasteiger partial charge in [0.15, 0.2) is 0 Å². The number of carbonyl (C=O) groups excluding carboxylic acids is 1. The van der Waals surface area contributed by atoms with Gasteiger partial charge in [-0.1, -0.05) is 24.3 Å². The van der Waals surface area contributed by atoms with Gasteiger partial charge in [-0.25, -0.2) is 13.6 Å². The van der Waals surface area contributed by atoms with Gasteiger partial charge >= 0.3 is 6.03 Å². The molecular weight excluding hydrogens is 298 g/mol. The highest BCUT2D eigenvalue weighted by molar-refractivity contribution is 5.89. The van der Waals surface area contributed by atoms with Gasteiger partial charge in [0.05, 0.1) is 11.7 Å². The standard InChI is InChI=1S/C18H18F2N2O/c1-11-6-9-15(20)16(10-11)21-18(23)22-17(12-7-8-12)13-4-2-3-5-14(13)19/h2-6,9-10,12,17H,7-8H2,1H3,(H2,21,22,23). The van der Waals surface area contributed by atoms with Crippen molar-refractivity contribution in [1.29, 1.82) is 0 Å². The molecule has 2 aromatic rings. The number of nitrogens with one attached hydrogen (secondary N) is 2. The fraction of sp³-hybridized carbons (Fsp3) is 0.278. The van der Waals surface area contributed by atoms with Crippen molar-refractivity contribution in [2.45, 2.75) is 25.8 Å². The minimum Gasteiger partial charge on any atom is -0.331 e. The second-order valence-electron chi connectivity index (χ2n) is 5.92. The molecule has 0 radical (unpaired) electrons. The van der Waals surface area contributed by atoms with Crippen molar-refractivity contribution >= 4 is 11.7 Å². The first kappa shape index (κ1) is 15.5. The van der Waals surface area contributed by atoms with E-state index in [-0.39, 0.29) is 17.4 Å². The van der Waals surface area contributed by atoms with E-state index in [0.717, 1.165) is 18.4 Å². The lowest BCUT2D eigenvalue weighted by Gasteiger charge is -2.20. The number of hydrogen-bond acceptors (Lipinski definition) is 1. The summed E-state index contributed by atoms with van der Waals surface area (Å²) in [5, 5.41) is 5.28. The second kappa shape index (κ2) is 6.36. The molecule has 2 N–H and O–H groups in total. The maximum atomic E-state index is 14.0. The number of amides is 2. The molecule has 0 heterocycles. The Kier molecular flexibility index (Phi) is 4.28. The quantitative estimate of drug-likeness (QED) is 0.854. The number of anilines is 1. The van der Waals surface area contributed by atoms with E-state index in [1.165, 1.54) is 12.1 Å². The number of hydrogen-bond donors (Lipinski definition) is 2. The largest absolute Gasteiger partial charge is 0.331 e. The predicted molar refractivity (Wildman–Crippen MR) is 85.2 cm³/mol. The van der Waals surface area contributed by atoms with E-state index in [1.54, 1.807) is 30.3 Å². The first-order chi connectivity index (χ1) is 11.0. The van der Waals surface area contributed by atoms with Crippen molar-refractivity contribution in [3.63, 3.8) is 0 Å². The summed E-state index contributed by atoms with van der Waals surface area (Å²) in [6, 6.07) is 9.98. The molecule has 23 heavy (non-hydrogen) atoms. The van der Waals surface area contributed by atoms with Crippen LogP contribution < -0.4 is 10.6 Å². The lowest BCUT2D eigenvalue weighted by Crippen LogP contribution is -2.34. The van der Waals surface area contributed by atoms with Crippen LogP contribution in [0.5, 0.6) is 0 Å². The summed E-state index contributed by atoms with van der Waals surface area (Å²) < 4.78 is 27.7. The Balaban J connectivity index is 1.75. The number of urea groups is 1. The van der Waals surface area contributed by atoms with Crippen LogP contribution in [0.25, 0.3) is 0 Å². The van der Waals surface area contributed by atoms with E-state index in [1.807, 2.05) is 6.92 Å². The van der Waals surface area contributed by atoms with Crippen molar-refractivity contribution in [2.75, 3.05) is 5.32 Å². The van der Waals surface area contributed by atoms with E-state index in [2.05, 4.69) is 10.6 Å². The van der Waals surface area contributed by atoms with Crippen molar-refractivity contribution < 1.29 is 13.6 Å². The molecule has 3 nitrogen and oxygen atoms in total. The van der Waals surface area contributed by atoms with E-state index in [4.69, 9.17) is 0 Å². The summed E-state index contributed by atoms with van der Waals surface area (Å²) in [6.45, 7) is 1.81. The Morgan fingerprint density at radius 3 is 2.57 bits per heavy atom. The molecule has 0 aliphatic heterocycles. The van der Waals surface area contributed by atoms with Crippen molar-refractivity contribution in [2.24, 2.45) is 5.92 Å². The Morgan fingerprint density at radius 2 is 1.87 bits per heavy atom. The van der Waals surface area contributed by atoms with Gasteiger partial charge in [0, 0.05) is 5.56 Å². The van der Waals surface area contributed by atoms with E-state index in [0.29, 0.717) is 5.56 Å². The minimum atomic E-state index is -0.533.